The molecule has 0 aromatic heterocycles. The van der Waals surface area contributed by atoms with Gasteiger partial charge < -0.3 is 30.0 Å². The Labute approximate surface area is 211 Å². The molecule has 8 heteroatoms. The minimum absolute atomic E-state index is 0.190. The largest absolute Gasteiger partial charge is 0.485 e. The molecule has 0 aliphatic heterocycles. The lowest BCUT2D eigenvalue weighted by Gasteiger charge is -2.18. The highest BCUT2D eigenvalue weighted by molar-refractivity contribution is 5.87. The smallest absolute Gasteiger partial charge is 0.246 e. The first kappa shape index (κ1) is 26.7. The van der Waals surface area contributed by atoms with Gasteiger partial charge in [0.25, 0.3) is 0 Å². The fourth-order valence-electron chi connectivity index (χ4n) is 3.38. The van der Waals surface area contributed by atoms with Gasteiger partial charge in [-0.3, -0.25) is 9.59 Å². The van der Waals surface area contributed by atoms with Gasteiger partial charge in [0, 0.05) is 13.5 Å². The first-order chi connectivity index (χ1) is 17.5. The predicted octanol–water partition coefficient (Wildman–Crippen LogP) is 3.02. The van der Waals surface area contributed by atoms with Gasteiger partial charge >= 0.3 is 0 Å². The summed E-state index contributed by atoms with van der Waals surface area (Å²) in [5.74, 6) is 0.0316. The molecule has 0 heterocycles. The van der Waals surface area contributed by atoms with Crippen molar-refractivity contribution in [2.45, 2.75) is 25.7 Å². The van der Waals surface area contributed by atoms with E-state index in [-0.39, 0.29) is 19.6 Å². The molecule has 0 spiro atoms. The molecule has 3 rings (SSSR count). The number of carbonyl (C=O) groups excluding carboxylic acids is 2. The average molecular weight is 493 g/mol. The lowest BCUT2D eigenvalue weighted by molar-refractivity contribution is -0.130. The van der Waals surface area contributed by atoms with Crippen LogP contribution in [0.4, 0.5) is 0 Å². The normalized spacial score (nSPS) is 11.5. The second-order valence-electron chi connectivity index (χ2n) is 8.10. The van der Waals surface area contributed by atoms with Gasteiger partial charge in [-0.05, 0) is 28.8 Å². The highest BCUT2D eigenvalue weighted by Crippen LogP contribution is 2.30. The van der Waals surface area contributed by atoms with E-state index < -0.39 is 17.9 Å². The van der Waals surface area contributed by atoms with Crippen molar-refractivity contribution in [3.8, 4) is 11.5 Å². The third-order valence-electron chi connectivity index (χ3n) is 5.27. The van der Waals surface area contributed by atoms with Gasteiger partial charge in [-0.15, -0.1) is 0 Å². The molecule has 0 saturated heterocycles. The van der Waals surface area contributed by atoms with Crippen LogP contribution in [0.15, 0.2) is 78.9 Å². The second-order valence-corrected chi connectivity index (χ2v) is 8.10. The number of ether oxygens (including phenoxy) is 4. The van der Waals surface area contributed by atoms with Crippen LogP contribution >= 0.6 is 0 Å². The molecule has 36 heavy (non-hydrogen) atoms. The Morgan fingerprint density at radius 3 is 2.00 bits per heavy atom. The standard InChI is InChI=1S/C28H32N2O6/c1-33-14-15-34-20-27(31)30-24(28(29)32)16-23-12-13-25(35-18-21-8-4-2-5-9-21)26(17-23)36-19-22-10-6-3-7-11-22/h2-13,17,24H,14-16,18-20H2,1H3,(H2,29,32)(H,30,31)/t24-/m1/s1. The lowest BCUT2D eigenvalue weighted by Crippen LogP contribution is -2.47. The van der Waals surface area contributed by atoms with Crippen molar-refractivity contribution in [1.29, 1.82) is 0 Å². The number of primary amides is 1. The molecule has 0 radical (unpaired) electrons. The van der Waals surface area contributed by atoms with Crippen molar-refractivity contribution in [2.75, 3.05) is 26.9 Å². The van der Waals surface area contributed by atoms with Crippen LogP contribution in [-0.4, -0.2) is 44.8 Å². The van der Waals surface area contributed by atoms with Crippen LogP contribution in [0.5, 0.6) is 11.5 Å². The summed E-state index contributed by atoms with van der Waals surface area (Å²) in [6, 6.07) is 24.1. The van der Waals surface area contributed by atoms with Crippen LogP contribution in [0.1, 0.15) is 16.7 Å². The van der Waals surface area contributed by atoms with E-state index in [1.54, 1.807) is 19.2 Å². The van der Waals surface area contributed by atoms with Crippen molar-refractivity contribution >= 4 is 11.8 Å². The minimum Gasteiger partial charge on any atom is -0.485 e. The summed E-state index contributed by atoms with van der Waals surface area (Å²) in [5.41, 5.74) is 8.35. The maximum absolute atomic E-state index is 12.2. The van der Waals surface area contributed by atoms with E-state index in [4.69, 9.17) is 24.7 Å². The predicted molar refractivity (Wildman–Crippen MR) is 136 cm³/mol. The summed E-state index contributed by atoms with van der Waals surface area (Å²) in [6.07, 6.45) is 0.194. The highest BCUT2D eigenvalue weighted by atomic mass is 16.5. The lowest BCUT2D eigenvalue weighted by atomic mass is 10.0. The zero-order valence-corrected chi connectivity index (χ0v) is 20.4. The Hall–Kier alpha value is -3.88. The molecule has 3 aromatic rings. The molecule has 0 fully saturated rings. The quantitative estimate of drug-likeness (QED) is 0.316. The topological polar surface area (TPSA) is 109 Å². The van der Waals surface area contributed by atoms with E-state index in [2.05, 4.69) is 5.32 Å². The molecule has 0 aliphatic rings. The maximum atomic E-state index is 12.2. The van der Waals surface area contributed by atoms with Crippen molar-refractivity contribution < 1.29 is 28.5 Å². The molecule has 8 nitrogen and oxygen atoms in total. The van der Waals surface area contributed by atoms with E-state index >= 15 is 0 Å². The Bertz CT molecular complexity index is 1090. The van der Waals surface area contributed by atoms with E-state index in [0.29, 0.717) is 31.3 Å². The molecule has 3 aromatic carbocycles. The number of hydrogen-bond donors (Lipinski definition) is 2. The van der Waals surface area contributed by atoms with Gasteiger partial charge in [0.1, 0.15) is 25.9 Å². The van der Waals surface area contributed by atoms with Crippen LogP contribution in [0.3, 0.4) is 0 Å². The fourth-order valence-corrected chi connectivity index (χ4v) is 3.38. The number of hydrogen-bond acceptors (Lipinski definition) is 6. The van der Waals surface area contributed by atoms with Gasteiger partial charge in [-0.1, -0.05) is 66.7 Å². The zero-order chi connectivity index (χ0) is 25.6. The number of nitrogens with one attached hydrogen (secondary N) is 1. The Kier molecular flexibility index (Phi) is 10.8. The minimum atomic E-state index is -0.901. The van der Waals surface area contributed by atoms with E-state index in [1.165, 1.54) is 0 Å². The summed E-state index contributed by atoms with van der Waals surface area (Å²) in [6.45, 7) is 1.19. The SMILES string of the molecule is COCCOCC(=O)N[C@H](Cc1ccc(OCc2ccccc2)c(OCc2ccccc2)c1)C(N)=O. The number of carbonyl (C=O) groups is 2. The van der Waals surface area contributed by atoms with E-state index in [9.17, 15) is 9.59 Å². The van der Waals surface area contributed by atoms with Gasteiger partial charge in [0.2, 0.25) is 11.8 Å². The first-order valence-electron chi connectivity index (χ1n) is 11.7. The molecule has 1 atom stereocenters. The second kappa shape index (κ2) is 14.5. The third kappa shape index (κ3) is 9.05. The van der Waals surface area contributed by atoms with Crippen molar-refractivity contribution in [1.82, 2.24) is 5.32 Å². The van der Waals surface area contributed by atoms with Crippen molar-refractivity contribution in [3.63, 3.8) is 0 Å². The van der Waals surface area contributed by atoms with Gasteiger partial charge in [-0.2, -0.15) is 0 Å². The number of amides is 2. The van der Waals surface area contributed by atoms with Crippen LogP contribution in [0.2, 0.25) is 0 Å². The average Bonchev–Trinajstić information content (AvgIpc) is 2.90. The van der Waals surface area contributed by atoms with Crippen LogP contribution in [0.25, 0.3) is 0 Å². The number of rotatable bonds is 15. The highest BCUT2D eigenvalue weighted by Gasteiger charge is 2.20. The summed E-state index contributed by atoms with van der Waals surface area (Å²) in [7, 11) is 1.54. The zero-order valence-electron chi connectivity index (χ0n) is 20.4. The van der Waals surface area contributed by atoms with Crippen LogP contribution in [0, 0.1) is 0 Å². The molecule has 0 aliphatic carbocycles. The van der Waals surface area contributed by atoms with E-state index in [1.807, 2.05) is 66.7 Å². The Morgan fingerprint density at radius 1 is 0.806 bits per heavy atom. The van der Waals surface area contributed by atoms with Crippen molar-refractivity contribution in [2.24, 2.45) is 5.73 Å². The van der Waals surface area contributed by atoms with Crippen LogP contribution in [-0.2, 0) is 38.7 Å². The maximum Gasteiger partial charge on any atom is 0.246 e. The Morgan fingerprint density at radius 2 is 1.42 bits per heavy atom. The number of benzene rings is 3. The first-order valence-corrected chi connectivity index (χ1v) is 11.7. The summed E-state index contributed by atoms with van der Waals surface area (Å²) in [5, 5.41) is 2.63. The molecular formula is C28H32N2O6. The van der Waals surface area contributed by atoms with Gasteiger partial charge in [-0.25, -0.2) is 0 Å². The Balaban J connectivity index is 1.70. The molecule has 0 unspecified atom stereocenters. The van der Waals surface area contributed by atoms with Crippen molar-refractivity contribution in [3.05, 3.63) is 95.6 Å². The number of nitrogens with two attached hydrogens (primary N) is 1. The molecule has 0 saturated carbocycles. The monoisotopic (exact) mass is 492 g/mol. The molecular weight excluding hydrogens is 460 g/mol. The fraction of sp³-hybridized carbons (Fsp3) is 0.286. The van der Waals surface area contributed by atoms with E-state index in [0.717, 1.165) is 16.7 Å². The van der Waals surface area contributed by atoms with Crippen LogP contribution < -0.4 is 20.5 Å². The summed E-state index contributed by atoms with van der Waals surface area (Å²) >= 11 is 0. The van der Waals surface area contributed by atoms with Gasteiger partial charge in [0.05, 0.1) is 13.2 Å². The summed E-state index contributed by atoms with van der Waals surface area (Å²) < 4.78 is 22.2. The molecule has 0 bridgehead atoms. The summed E-state index contributed by atoms with van der Waals surface area (Å²) in [4.78, 5) is 24.2. The van der Waals surface area contributed by atoms with Gasteiger partial charge in [0.15, 0.2) is 11.5 Å². The molecule has 2 amide bonds. The third-order valence-corrected chi connectivity index (χ3v) is 5.27. The molecule has 190 valence electrons. The number of methoxy groups -OCH3 is 1. The molecule has 3 N–H and O–H groups in total.